The number of rotatable bonds is 4. The second-order valence-electron chi connectivity index (χ2n) is 7.54. The van der Waals surface area contributed by atoms with Crippen LogP contribution in [-0.4, -0.2) is 41.9 Å². The summed E-state index contributed by atoms with van der Waals surface area (Å²) < 4.78 is 0. The van der Waals surface area contributed by atoms with Gasteiger partial charge in [0.25, 0.3) is 5.91 Å². The summed E-state index contributed by atoms with van der Waals surface area (Å²) >= 11 is 0. The predicted molar refractivity (Wildman–Crippen MR) is 98.6 cm³/mol. The van der Waals surface area contributed by atoms with Gasteiger partial charge in [-0.2, -0.15) is 0 Å². The number of nitrogens with zero attached hydrogens (tertiary/aromatic N) is 2. The Morgan fingerprint density at radius 1 is 0.880 bits per heavy atom. The molecule has 25 heavy (non-hydrogen) atoms. The molecule has 0 aromatic heterocycles. The number of piperidine rings is 1. The first-order chi connectivity index (χ1) is 12.2. The molecule has 2 aliphatic heterocycles. The summed E-state index contributed by atoms with van der Waals surface area (Å²) in [5, 5.41) is 3.27. The number of imide groups is 1. The Morgan fingerprint density at radius 2 is 1.56 bits per heavy atom. The van der Waals surface area contributed by atoms with Gasteiger partial charge in [0.15, 0.2) is 0 Å². The SMILES string of the molecule is O=C1CC(Nc2ccc(N3CCCCC3)cc2)C(=O)N1C1CCCC1. The van der Waals surface area contributed by atoms with Gasteiger partial charge in [-0.25, -0.2) is 0 Å². The maximum Gasteiger partial charge on any atom is 0.252 e. The highest BCUT2D eigenvalue weighted by Gasteiger charge is 2.42. The number of hydrogen-bond donors (Lipinski definition) is 1. The normalized spacial score (nSPS) is 25.0. The van der Waals surface area contributed by atoms with Gasteiger partial charge >= 0.3 is 0 Å². The maximum absolute atomic E-state index is 12.7. The Kier molecular flexibility index (Phi) is 4.64. The van der Waals surface area contributed by atoms with Crippen LogP contribution in [0.25, 0.3) is 0 Å². The third-order valence-electron chi connectivity index (χ3n) is 5.80. The Morgan fingerprint density at radius 3 is 2.24 bits per heavy atom. The zero-order valence-corrected chi connectivity index (χ0v) is 14.7. The van der Waals surface area contributed by atoms with Crippen molar-refractivity contribution in [2.24, 2.45) is 0 Å². The van der Waals surface area contributed by atoms with Gasteiger partial charge in [-0.05, 0) is 56.4 Å². The van der Waals surface area contributed by atoms with E-state index >= 15 is 0 Å². The molecule has 0 bridgehead atoms. The van der Waals surface area contributed by atoms with E-state index in [4.69, 9.17) is 0 Å². The fraction of sp³-hybridized carbons (Fsp3) is 0.600. The first kappa shape index (κ1) is 16.4. The summed E-state index contributed by atoms with van der Waals surface area (Å²) in [6, 6.07) is 8.01. The number of nitrogens with one attached hydrogen (secondary N) is 1. The van der Waals surface area contributed by atoms with Crippen LogP contribution >= 0.6 is 0 Å². The van der Waals surface area contributed by atoms with Crippen molar-refractivity contribution in [1.82, 2.24) is 4.90 Å². The van der Waals surface area contributed by atoms with E-state index in [-0.39, 0.29) is 24.3 Å². The molecule has 2 heterocycles. The lowest BCUT2D eigenvalue weighted by Crippen LogP contribution is -2.40. The Balaban J connectivity index is 1.40. The van der Waals surface area contributed by atoms with Crippen LogP contribution < -0.4 is 10.2 Å². The van der Waals surface area contributed by atoms with E-state index < -0.39 is 6.04 Å². The topological polar surface area (TPSA) is 52.7 Å². The van der Waals surface area contributed by atoms with Gasteiger partial charge < -0.3 is 10.2 Å². The molecule has 134 valence electrons. The van der Waals surface area contributed by atoms with Crippen LogP contribution in [0.1, 0.15) is 51.4 Å². The standard InChI is InChI=1S/C20H27N3O2/c24-19-14-18(20(25)23(19)17-6-2-3-7-17)21-15-8-10-16(11-9-15)22-12-4-1-5-13-22/h8-11,17-18,21H,1-7,12-14H2. The van der Waals surface area contributed by atoms with Crippen LogP contribution in [0.15, 0.2) is 24.3 Å². The van der Waals surface area contributed by atoms with Gasteiger partial charge in [0, 0.05) is 30.5 Å². The molecule has 2 saturated heterocycles. The van der Waals surface area contributed by atoms with E-state index in [0.717, 1.165) is 44.5 Å². The number of hydrogen-bond acceptors (Lipinski definition) is 4. The van der Waals surface area contributed by atoms with Gasteiger partial charge in [0.05, 0.1) is 6.42 Å². The van der Waals surface area contributed by atoms with E-state index in [1.165, 1.54) is 29.8 Å². The molecular weight excluding hydrogens is 314 g/mol. The molecule has 1 atom stereocenters. The lowest BCUT2D eigenvalue weighted by Gasteiger charge is -2.29. The number of carbonyl (C=O) groups excluding carboxylic acids is 2. The number of anilines is 2. The summed E-state index contributed by atoms with van der Waals surface area (Å²) in [5.74, 6) is -0.0589. The molecule has 0 spiro atoms. The molecule has 5 nitrogen and oxygen atoms in total. The molecule has 1 saturated carbocycles. The van der Waals surface area contributed by atoms with Crippen molar-refractivity contribution in [2.45, 2.75) is 63.5 Å². The van der Waals surface area contributed by atoms with Gasteiger partial charge in [-0.3, -0.25) is 14.5 Å². The number of benzene rings is 1. The summed E-state index contributed by atoms with van der Waals surface area (Å²) in [7, 11) is 0. The van der Waals surface area contributed by atoms with Crippen molar-refractivity contribution < 1.29 is 9.59 Å². The van der Waals surface area contributed by atoms with Crippen LogP contribution in [0.3, 0.4) is 0 Å². The second-order valence-corrected chi connectivity index (χ2v) is 7.54. The minimum absolute atomic E-state index is 0.0145. The van der Waals surface area contributed by atoms with Crippen LogP contribution in [0, 0.1) is 0 Å². The molecule has 0 radical (unpaired) electrons. The van der Waals surface area contributed by atoms with Gasteiger partial charge in [-0.1, -0.05) is 12.8 Å². The highest BCUT2D eigenvalue weighted by atomic mass is 16.2. The monoisotopic (exact) mass is 341 g/mol. The summed E-state index contributed by atoms with van der Waals surface area (Å²) in [6.45, 7) is 2.25. The molecule has 4 rings (SSSR count). The third kappa shape index (κ3) is 3.37. The fourth-order valence-corrected chi connectivity index (χ4v) is 4.43. The molecule has 2 amide bonds. The molecule has 3 fully saturated rings. The highest BCUT2D eigenvalue weighted by molar-refractivity contribution is 6.07. The molecule has 1 unspecified atom stereocenters. The van der Waals surface area contributed by atoms with Crippen molar-refractivity contribution in [1.29, 1.82) is 0 Å². The summed E-state index contributed by atoms with van der Waals surface area (Å²) in [4.78, 5) is 28.9. The number of carbonyl (C=O) groups is 2. The molecule has 1 aliphatic carbocycles. The molecule has 3 aliphatic rings. The first-order valence-corrected chi connectivity index (χ1v) is 9.70. The van der Waals surface area contributed by atoms with Crippen molar-refractivity contribution >= 4 is 23.2 Å². The second kappa shape index (κ2) is 7.06. The molecule has 1 N–H and O–H groups in total. The van der Waals surface area contributed by atoms with Crippen molar-refractivity contribution in [3.8, 4) is 0 Å². The lowest BCUT2D eigenvalue weighted by molar-refractivity contribution is -0.141. The Bertz CT molecular complexity index is 631. The van der Waals surface area contributed by atoms with Crippen molar-refractivity contribution in [2.75, 3.05) is 23.3 Å². The fourth-order valence-electron chi connectivity index (χ4n) is 4.43. The average Bonchev–Trinajstić information content (AvgIpc) is 3.25. The zero-order valence-electron chi connectivity index (χ0n) is 14.7. The van der Waals surface area contributed by atoms with E-state index in [1.807, 2.05) is 12.1 Å². The third-order valence-corrected chi connectivity index (χ3v) is 5.80. The number of amides is 2. The van der Waals surface area contributed by atoms with Crippen LogP contribution in [0.5, 0.6) is 0 Å². The Hall–Kier alpha value is -2.04. The van der Waals surface area contributed by atoms with E-state index in [9.17, 15) is 9.59 Å². The quantitative estimate of drug-likeness (QED) is 0.855. The predicted octanol–water partition coefficient (Wildman–Crippen LogP) is 3.16. The summed E-state index contributed by atoms with van der Waals surface area (Å²) in [6.07, 6.45) is 8.30. The smallest absolute Gasteiger partial charge is 0.252 e. The lowest BCUT2D eigenvalue weighted by atomic mass is 10.1. The zero-order chi connectivity index (χ0) is 17.2. The van der Waals surface area contributed by atoms with Crippen LogP contribution in [-0.2, 0) is 9.59 Å². The van der Waals surface area contributed by atoms with E-state index in [0.29, 0.717) is 0 Å². The largest absolute Gasteiger partial charge is 0.373 e. The summed E-state index contributed by atoms with van der Waals surface area (Å²) in [5.41, 5.74) is 2.16. The minimum atomic E-state index is -0.408. The maximum atomic E-state index is 12.7. The molecule has 5 heteroatoms. The molecule has 1 aromatic carbocycles. The van der Waals surface area contributed by atoms with Crippen molar-refractivity contribution in [3.63, 3.8) is 0 Å². The van der Waals surface area contributed by atoms with Gasteiger partial charge in [0.1, 0.15) is 6.04 Å². The molecular formula is C20H27N3O2. The van der Waals surface area contributed by atoms with Gasteiger partial charge in [-0.15, -0.1) is 0 Å². The highest BCUT2D eigenvalue weighted by Crippen LogP contribution is 2.29. The van der Waals surface area contributed by atoms with E-state index in [1.54, 1.807) is 0 Å². The van der Waals surface area contributed by atoms with E-state index in [2.05, 4.69) is 22.3 Å². The van der Waals surface area contributed by atoms with Gasteiger partial charge in [0.2, 0.25) is 5.91 Å². The number of likely N-dealkylation sites (tertiary alicyclic amines) is 1. The van der Waals surface area contributed by atoms with Crippen LogP contribution in [0.2, 0.25) is 0 Å². The first-order valence-electron chi connectivity index (χ1n) is 9.70. The van der Waals surface area contributed by atoms with Crippen LogP contribution in [0.4, 0.5) is 11.4 Å². The molecule has 1 aromatic rings. The minimum Gasteiger partial charge on any atom is -0.373 e. The Labute approximate surface area is 149 Å². The average molecular weight is 341 g/mol. The van der Waals surface area contributed by atoms with Crippen molar-refractivity contribution in [3.05, 3.63) is 24.3 Å².